The topological polar surface area (TPSA) is 84.2 Å². The predicted molar refractivity (Wildman–Crippen MR) is 70.1 cm³/mol. The molecule has 98 valence electrons. The van der Waals surface area contributed by atoms with Crippen molar-refractivity contribution in [3.05, 3.63) is 34.9 Å². The van der Waals surface area contributed by atoms with Crippen LogP contribution in [0.2, 0.25) is 0 Å². The van der Waals surface area contributed by atoms with Crippen LogP contribution in [0.4, 0.5) is 0 Å². The summed E-state index contributed by atoms with van der Waals surface area (Å²) in [5.41, 5.74) is 7.73. The van der Waals surface area contributed by atoms with E-state index in [1.165, 1.54) is 0 Å². The Hall–Kier alpha value is -1.88. The minimum absolute atomic E-state index is 0.0242. The summed E-state index contributed by atoms with van der Waals surface area (Å²) in [5.74, 6) is -0.455. The molecule has 2 amide bonds. The van der Waals surface area contributed by atoms with Gasteiger partial charge in [-0.15, -0.1) is 0 Å². The van der Waals surface area contributed by atoms with Gasteiger partial charge in [0.15, 0.2) is 0 Å². The molecular weight excluding hydrogens is 230 g/mol. The fourth-order valence-electron chi connectivity index (χ4n) is 1.62. The molecule has 0 aliphatic carbocycles. The zero-order valence-corrected chi connectivity index (χ0v) is 10.7. The molecule has 0 unspecified atom stereocenters. The van der Waals surface area contributed by atoms with E-state index in [-0.39, 0.29) is 12.5 Å². The van der Waals surface area contributed by atoms with E-state index in [0.717, 1.165) is 11.1 Å². The lowest BCUT2D eigenvalue weighted by Crippen LogP contribution is -2.33. The first kappa shape index (κ1) is 14.2. The number of aryl methyl sites for hydroxylation is 1. The molecule has 1 aromatic rings. The van der Waals surface area contributed by atoms with Gasteiger partial charge in [0.25, 0.3) is 0 Å². The minimum Gasteiger partial charge on any atom is -0.366 e. The van der Waals surface area contributed by atoms with Crippen LogP contribution in [0.5, 0.6) is 0 Å². The highest BCUT2D eigenvalue weighted by molar-refractivity contribution is 5.93. The van der Waals surface area contributed by atoms with Crippen molar-refractivity contribution in [3.8, 4) is 0 Å². The molecule has 0 fully saturated rings. The molecule has 5 nitrogen and oxygen atoms in total. The predicted octanol–water partition coefficient (Wildman–Crippen LogP) is 0.320. The lowest BCUT2D eigenvalue weighted by molar-refractivity contribution is -0.120. The van der Waals surface area contributed by atoms with E-state index in [9.17, 15) is 9.59 Å². The van der Waals surface area contributed by atoms with Gasteiger partial charge in [-0.2, -0.15) is 0 Å². The fraction of sp³-hybridized carbons (Fsp3) is 0.385. The second-order valence-corrected chi connectivity index (χ2v) is 4.06. The lowest BCUT2D eigenvalue weighted by atomic mass is 10.0. The first-order valence-electron chi connectivity index (χ1n) is 5.91. The maximum absolute atomic E-state index is 11.2. The summed E-state index contributed by atoms with van der Waals surface area (Å²) in [6, 6.07) is 5.30. The molecule has 5 heteroatoms. The monoisotopic (exact) mass is 249 g/mol. The summed E-state index contributed by atoms with van der Waals surface area (Å²) in [4.78, 5) is 22.2. The number of hydrogen-bond acceptors (Lipinski definition) is 3. The molecule has 0 spiro atoms. The van der Waals surface area contributed by atoms with E-state index in [2.05, 4.69) is 10.6 Å². The molecule has 0 radical (unpaired) electrons. The third kappa shape index (κ3) is 4.18. The number of carbonyl (C=O) groups is 2. The van der Waals surface area contributed by atoms with E-state index >= 15 is 0 Å². The van der Waals surface area contributed by atoms with Crippen molar-refractivity contribution in [3.63, 3.8) is 0 Å². The van der Waals surface area contributed by atoms with E-state index < -0.39 is 5.91 Å². The first-order valence-corrected chi connectivity index (χ1v) is 5.91. The second kappa shape index (κ2) is 6.76. The van der Waals surface area contributed by atoms with Crippen LogP contribution in [0, 0.1) is 6.92 Å². The van der Waals surface area contributed by atoms with Crippen molar-refractivity contribution in [1.82, 2.24) is 10.6 Å². The number of rotatable bonds is 6. The van der Waals surface area contributed by atoms with E-state index in [1.807, 2.05) is 19.9 Å². The highest BCUT2D eigenvalue weighted by Crippen LogP contribution is 2.10. The molecule has 0 aliphatic rings. The highest BCUT2D eigenvalue weighted by Gasteiger charge is 2.04. The Balaban J connectivity index is 2.53. The molecule has 4 N–H and O–H groups in total. The van der Waals surface area contributed by atoms with Crippen molar-refractivity contribution < 1.29 is 9.59 Å². The van der Waals surface area contributed by atoms with Crippen molar-refractivity contribution in [2.24, 2.45) is 5.73 Å². The van der Waals surface area contributed by atoms with Crippen LogP contribution < -0.4 is 16.4 Å². The molecule has 0 aromatic heterocycles. The molecule has 0 atom stereocenters. The van der Waals surface area contributed by atoms with Crippen LogP contribution in [0.1, 0.15) is 28.4 Å². The van der Waals surface area contributed by atoms with Crippen LogP contribution in [-0.4, -0.2) is 24.9 Å². The third-order valence-corrected chi connectivity index (χ3v) is 2.60. The Morgan fingerprint density at radius 1 is 1.33 bits per heavy atom. The molecule has 18 heavy (non-hydrogen) atoms. The van der Waals surface area contributed by atoms with Gasteiger partial charge in [-0.05, 0) is 37.1 Å². The Morgan fingerprint density at radius 3 is 2.61 bits per heavy atom. The normalized spacial score (nSPS) is 10.1. The summed E-state index contributed by atoms with van der Waals surface area (Å²) in [5, 5.41) is 5.76. The summed E-state index contributed by atoms with van der Waals surface area (Å²) < 4.78 is 0. The maximum Gasteiger partial charge on any atom is 0.248 e. The van der Waals surface area contributed by atoms with Crippen LogP contribution in [0.3, 0.4) is 0 Å². The van der Waals surface area contributed by atoms with Crippen LogP contribution in [0.15, 0.2) is 18.2 Å². The fourth-order valence-corrected chi connectivity index (χ4v) is 1.62. The van der Waals surface area contributed by atoms with Crippen molar-refractivity contribution in [2.75, 3.05) is 13.1 Å². The second-order valence-electron chi connectivity index (χ2n) is 4.06. The van der Waals surface area contributed by atoms with Gasteiger partial charge in [0.05, 0.1) is 6.54 Å². The van der Waals surface area contributed by atoms with E-state index in [0.29, 0.717) is 18.7 Å². The number of benzene rings is 1. The summed E-state index contributed by atoms with van der Waals surface area (Å²) >= 11 is 0. The Bertz CT molecular complexity index is 444. The van der Waals surface area contributed by atoms with Crippen LogP contribution >= 0.6 is 0 Å². The zero-order chi connectivity index (χ0) is 13.5. The quantitative estimate of drug-likeness (QED) is 0.679. The molecule has 0 saturated carbocycles. The first-order chi connectivity index (χ1) is 8.54. The molecule has 0 saturated heterocycles. The van der Waals surface area contributed by atoms with Gasteiger partial charge in [0, 0.05) is 18.7 Å². The number of amides is 2. The Kier molecular flexibility index (Phi) is 5.32. The van der Waals surface area contributed by atoms with Gasteiger partial charge < -0.3 is 16.4 Å². The van der Waals surface area contributed by atoms with E-state index in [1.54, 1.807) is 12.1 Å². The number of nitrogens with one attached hydrogen (secondary N) is 2. The van der Waals surface area contributed by atoms with Gasteiger partial charge in [0.1, 0.15) is 0 Å². The Labute approximate surface area is 107 Å². The molecular formula is C13H19N3O2. The Morgan fingerprint density at radius 2 is 2.06 bits per heavy atom. The number of hydrogen-bond donors (Lipinski definition) is 3. The maximum atomic E-state index is 11.2. The third-order valence-electron chi connectivity index (χ3n) is 2.60. The minimum atomic E-state index is -0.431. The molecule has 1 rings (SSSR count). The van der Waals surface area contributed by atoms with Gasteiger partial charge in [-0.25, -0.2) is 0 Å². The van der Waals surface area contributed by atoms with Crippen molar-refractivity contribution in [2.45, 2.75) is 20.4 Å². The average Bonchev–Trinajstić information content (AvgIpc) is 2.31. The van der Waals surface area contributed by atoms with Crippen LogP contribution in [-0.2, 0) is 11.3 Å². The van der Waals surface area contributed by atoms with Crippen molar-refractivity contribution in [1.29, 1.82) is 0 Å². The standard InChI is InChI=1S/C13H19N3O2/c1-3-16-12(17)8-15-7-11-5-4-10(13(14)18)6-9(11)2/h4-6,15H,3,7-8H2,1-2H3,(H2,14,18)(H,16,17). The van der Waals surface area contributed by atoms with Gasteiger partial charge in [-0.3, -0.25) is 9.59 Å². The number of nitrogens with two attached hydrogens (primary N) is 1. The van der Waals surface area contributed by atoms with Gasteiger partial charge in [0.2, 0.25) is 11.8 Å². The number of carbonyl (C=O) groups excluding carboxylic acids is 2. The summed E-state index contributed by atoms with van der Waals surface area (Å²) in [6.07, 6.45) is 0. The highest BCUT2D eigenvalue weighted by atomic mass is 16.2. The molecule has 1 aromatic carbocycles. The number of primary amides is 1. The zero-order valence-electron chi connectivity index (χ0n) is 10.7. The van der Waals surface area contributed by atoms with Crippen molar-refractivity contribution >= 4 is 11.8 Å². The summed E-state index contributed by atoms with van der Waals surface area (Å²) in [7, 11) is 0. The van der Waals surface area contributed by atoms with Gasteiger partial charge in [-0.1, -0.05) is 6.07 Å². The smallest absolute Gasteiger partial charge is 0.248 e. The molecule has 0 heterocycles. The summed E-state index contributed by atoms with van der Waals surface area (Å²) in [6.45, 7) is 5.29. The van der Waals surface area contributed by atoms with Crippen LogP contribution in [0.25, 0.3) is 0 Å². The average molecular weight is 249 g/mol. The molecule has 0 bridgehead atoms. The van der Waals surface area contributed by atoms with E-state index in [4.69, 9.17) is 5.73 Å². The lowest BCUT2D eigenvalue weighted by Gasteiger charge is -2.08. The number of likely N-dealkylation sites (N-methyl/N-ethyl adjacent to an activating group) is 1. The SMILES string of the molecule is CCNC(=O)CNCc1ccc(C(N)=O)cc1C. The molecule has 0 aliphatic heterocycles. The van der Waals surface area contributed by atoms with Gasteiger partial charge >= 0.3 is 0 Å². The largest absolute Gasteiger partial charge is 0.366 e.